The maximum atomic E-state index is 12.9. The first-order valence-electron chi connectivity index (χ1n) is 8.74. The van der Waals surface area contributed by atoms with Crippen LogP contribution in [0.5, 0.6) is 0 Å². The van der Waals surface area contributed by atoms with E-state index >= 15 is 0 Å². The average Bonchev–Trinajstić information content (AvgIpc) is 2.68. The molecule has 7 heteroatoms. The largest absolute Gasteiger partial charge is 0.350 e. The van der Waals surface area contributed by atoms with Gasteiger partial charge in [0.1, 0.15) is 12.4 Å². The van der Waals surface area contributed by atoms with Gasteiger partial charge >= 0.3 is 5.69 Å². The number of carbonyl (C=O) groups excluding carboxylic acids is 1. The van der Waals surface area contributed by atoms with Crippen LogP contribution < -0.4 is 16.6 Å². The molecule has 2 aromatic carbocycles. The molecular weight excluding hydrogens is 349 g/mol. The van der Waals surface area contributed by atoms with Gasteiger partial charge in [0.05, 0.1) is 10.9 Å². The third-order valence-electron chi connectivity index (χ3n) is 4.28. The highest BCUT2D eigenvalue weighted by atomic mass is 19.1. The second-order valence-corrected chi connectivity index (χ2v) is 6.25. The number of halogens is 1. The third-order valence-corrected chi connectivity index (χ3v) is 4.28. The smallest absolute Gasteiger partial charge is 0.331 e. The fourth-order valence-corrected chi connectivity index (χ4v) is 2.95. The molecule has 0 radical (unpaired) electrons. The molecule has 1 aromatic heterocycles. The molecule has 1 heterocycles. The lowest BCUT2D eigenvalue weighted by atomic mass is 10.2. The van der Waals surface area contributed by atoms with Gasteiger partial charge in [0.25, 0.3) is 5.56 Å². The summed E-state index contributed by atoms with van der Waals surface area (Å²) in [5, 5.41) is 3.12. The van der Waals surface area contributed by atoms with Crippen LogP contribution in [0, 0.1) is 5.82 Å². The summed E-state index contributed by atoms with van der Waals surface area (Å²) in [6, 6.07) is 12.6. The van der Waals surface area contributed by atoms with Crippen LogP contribution in [0.15, 0.2) is 58.1 Å². The molecule has 140 valence electrons. The van der Waals surface area contributed by atoms with E-state index in [1.807, 2.05) is 6.92 Å². The highest BCUT2D eigenvalue weighted by Crippen LogP contribution is 2.08. The van der Waals surface area contributed by atoms with Gasteiger partial charge in [-0.25, -0.2) is 9.18 Å². The first kappa shape index (κ1) is 18.6. The maximum Gasteiger partial charge on any atom is 0.331 e. The van der Waals surface area contributed by atoms with Crippen LogP contribution in [0.3, 0.4) is 0 Å². The van der Waals surface area contributed by atoms with E-state index in [1.165, 1.54) is 16.7 Å². The van der Waals surface area contributed by atoms with Crippen molar-refractivity contribution in [2.75, 3.05) is 0 Å². The van der Waals surface area contributed by atoms with E-state index in [4.69, 9.17) is 0 Å². The second-order valence-electron chi connectivity index (χ2n) is 6.25. The lowest BCUT2D eigenvalue weighted by Gasteiger charge is -2.13. The second kappa shape index (κ2) is 7.99. The summed E-state index contributed by atoms with van der Waals surface area (Å²) in [5.41, 5.74) is 0.326. The molecule has 6 nitrogen and oxygen atoms in total. The number of para-hydroxylation sites is 1. The first-order valence-corrected chi connectivity index (χ1v) is 8.74. The summed E-state index contributed by atoms with van der Waals surface area (Å²) < 4.78 is 15.4. The molecule has 0 saturated heterocycles. The molecule has 1 N–H and O–H groups in total. The van der Waals surface area contributed by atoms with Crippen LogP contribution >= 0.6 is 0 Å². The van der Waals surface area contributed by atoms with Crippen molar-refractivity contribution in [1.82, 2.24) is 14.5 Å². The third kappa shape index (κ3) is 3.97. The number of fused-ring (bicyclic) bond motifs is 1. The van der Waals surface area contributed by atoms with Crippen LogP contribution in [-0.2, 0) is 24.4 Å². The molecule has 27 heavy (non-hydrogen) atoms. The Kier molecular flexibility index (Phi) is 5.49. The number of carbonyl (C=O) groups is 1. The monoisotopic (exact) mass is 369 g/mol. The van der Waals surface area contributed by atoms with Gasteiger partial charge in [-0.1, -0.05) is 31.2 Å². The van der Waals surface area contributed by atoms with Gasteiger partial charge < -0.3 is 5.32 Å². The van der Waals surface area contributed by atoms with Crippen molar-refractivity contribution in [3.05, 3.63) is 80.7 Å². The lowest BCUT2D eigenvalue weighted by Crippen LogP contribution is -2.42. The van der Waals surface area contributed by atoms with E-state index in [2.05, 4.69) is 5.32 Å². The van der Waals surface area contributed by atoms with Gasteiger partial charge in [-0.2, -0.15) is 0 Å². The zero-order valence-electron chi connectivity index (χ0n) is 14.9. The Hall–Kier alpha value is -3.22. The number of nitrogens with zero attached hydrogens (tertiary/aromatic N) is 2. The molecule has 0 bridgehead atoms. The number of amides is 1. The molecule has 0 atom stereocenters. The van der Waals surface area contributed by atoms with Crippen molar-refractivity contribution in [1.29, 1.82) is 0 Å². The molecule has 0 aliphatic rings. The van der Waals surface area contributed by atoms with Crippen molar-refractivity contribution < 1.29 is 9.18 Å². The van der Waals surface area contributed by atoms with Crippen LogP contribution in [0.2, 0.25) is 0 Å². The van der Waals surface area contributed by atoms with E-state index in [9.17, 15) is 18.8 Å². The van der Waals surface area contributed by atoms with Crippen LogP contribution in [0.25, 0.3) is 10.9 Å². The van der Waals surface area contributed by atoms with Crippen molar-refractivity contribution in [3.8, 4) is 0 Å². The minimum Gasteiger partial charge on any atom is -0.350 e. The minimum absolute atomic E-state index is 0.204. The van der Waals surface area contributed by atoms with E-state index < -0.39 is 5.69 Å². The summed E-state index contributed by atoms with van der Waals surface area (Å²) in [4.78, 5) is 37.6. The summed E-state index contributed by atoms with van der Waals surface area (Å²) in [7, 11) is 0. The van der Waals surface area contributed by atoms with Crippen molar-refractivity contribution >= 4 is 16.8 Å². The highest BCUT2D eigenvalue weighted by molar-refractivity contribution is 5.81. The van der Waals surface area contributed by atoms with Crippen LogP contribution in [0.1, 0.15) is 18.9 Å². The maximum absolute atomic E-state index is 12.9. The zero-order chi connectivity index (χ0) is 19.4. The molecule has 3 rings (SSSR count). The number of nitrogens with one attached hydrogen (secondary N) is 1. The minimum atomic E-state index is -0.502. The fourth-order valence-electron chi connectivity index (χ4n) is 2.95. The molecule has 0 aliphatic carbocycles. The van der Waals surface area contributed by atoms with E-state index in [0.717, 1.165) is 10.1 Å². The average molecular weight is 369 g/mol. The number of hydrogen-bond acceptors (Lipinski definition) is 3. The summed E-state index contributed by atoms with van der Waals surface area (Å²) >= 11 is 0. The number of benzene rings is 2. The SMILES string of the molecule is CCCn1c(=O)c2ccccc2n(CC(=O)NCc2ccc(F)cc2)c1=O. The Labute approximate surface area is 154 Å². The predicted octanol–water partition coefficient (Wildman–Crippen LogP) is 2.03. The van der Waals surface area contributed by atoms with Gasteiger partial charge in [-0.15, -0.1) is 0 Å². The first-order chi connectivity index (χ1) is 13.0. The molecule has 0 aliphatic heterocycles. The predicted molar refractivity (Wildman–Crippen MR) is 101 cm³/mol. The van der Waals surface area contributed by atoms with Crippen LogP contribution in [-0.4, -0.2) is 15.0 Å². The van der Waals surface area contributed by atoms with Gasteiger partial charge in [0.15, 0.2) is 0 Å². The summed E-state index contributed by atoms with van der Waals surface area (Å²) in [5.74, 6) is -0.713. The van der Waals surface area contributed by atoms with Crippen molar-refractivity contribution in [2.24, 2.45) is 0 Å². The number of hydrogen-bond donors (Lipinski definition) is 1. The van der Waals surface area contributed by atoms with Gasteiger partial charge in [0, 0.05) is 13.1 Å². The zero-order valence-corrected chi connectivity index (χ0v) is 14.9. The number of rotatable bonds is 6. The highest BCUT2D eigenvalue weighted by Gasteiger charge is 2.14. The molecule has 1 amide bonds. The lowest BCUT2D eigenvalue weighted by molar-refractivity contribution is -0.121. The van der Waals surface area contributed by atoms with Crippen molar-refractivity contribution in [3.63, 3.8) is 0 Å². The fraction of sp³-hybridized carbons (Fsp3) is 0.250. The topological polar surface area (TPSA) is 73.1 Å². The van der Waals surface area contributed by atoms with Crippen LogP contribution in [0.4, 0.5) is 4.39 Å². The Morgan fingerprint density at radius 1 is 1.04 bits per heavy atom. The van der Waals surface area contributed by atoms with E-state index in [1.54, 1.807) is 36.4 Å². The molecule has 0 unspecified atom stereocenters. The van der Waals surface area contributed by atoms with E-state index in [0.29, 0.717) is 23.9 Å². The normalized spacial score (nSPS) is 10.9. The Morgan fingerprint density at radius 3 is 2.44 bits per heavy atom. The molecule has 3 aromatic rings. The Morgan fingerprint density at radius 2 is 1.74 bits per heavy atom. The van der Waals surface area contributed by atoms with E-state index in [-0.39, 0.29) is 30.4 Å². The molecular formula is C20H20FN3O3. The van der Waals surface area contributed by atoms with Crippen molar-refractivity contribution in [2.45, 2.75) is 33.0 Å². The summed E-state index contributed by atoms with van der Waals surface area (Å²) in [6.45, 7) is 2.19. The molecule has 0 saturated carbocycles. The standard InChI is InChI=1S/C20H20FN3O3/c1-2-11-23-19(26)16-5-3-4-6-17(16)24(20(23)27)13-18(25)22-12-14-7-9-15(21)10-8-14/h3-10H,2,11-13H2,1H3,(H,22,25). The Balaban J connectivity index is 1.89. The summed E-state index contributed by atoms with van der Waals surface area (Å²) in [6.07, 6.45) is 0.629. The quantitative estimate of drug-likeness (QED) is 0.723. The van der Waals surface area contributed by atoms with Gasteiger partial charge in [0.2, 0.25) is 5.91 Å². The number of aromatic nitrogens is 2. The molecule has 0 spiro atoms. The Bertz CT molecular complexity index is 1080. The molecule has 0 fully saturated rings. The van der Waals surface area contributed by atoms with Gasteiger partial charge in [-0.3, -0.25) is 18.7 Å². The van der Waals surface area contributed by atoms with Gasteiger partial charge in [-0.05, 0) is 36.2 Å².